The van der Waals surface area contributed by atoms with Crippen molar-refractivity contribution in [2.24, 2.45) is 0 Å². The highest BCUT2D eigenvalue weighted by Gasteiger charge is 2.21. The minimum absolute atomic E-state index is 0.221. The second-order valence-corrected chi connectivity index (χ2v) is 5.70. The standard InChI is InChI=1S/C17H20N4O4/c1-24-13(22)3-2-7-19-17(23)12-4-8-18-16-14(12)20-15(21-16)11-5-9-25-10-6-11/h2-4,8,11H,5-7,9-10H2,1H3,(H,19,23)(H,18,20,21)/b3-2+. The third-order valence-corrected chi connectivity index (χ3v) is 4.10. The number of nitrogens with zero attached hydrogens (tertiary/aromatic N) is 2. The molecule has 25 heavy (non-hydrogen) atoms. The summed E-state index contributed by atoms with van der Waals surface area (Å²) >= 11 is 0. The molecule has 2 aromatic heterocycles. The van der Waals surface area contributed by atoms with Crippen LogP contribution in [0.5, 0.6) is 0 Å². The first kappa shape index (κ1) is 17.1. The molecule has 0 saturated carbocycles. The molecule has 1 aliphatic heterocycles. The van der Waals surface area contributed by atoms with Crippen LogP contribution in [0.1, 0.15) is 34.9 Å². The van der Waals surface area contributed by atoms with Crippen LogP contribution < -0.4 is 5.32 Å². The monoisotopic (exact) mass is 344 g/mol. The highest BCUT2D eigenvalue weighted by atomic mass is 16.5. The summed E-state index contributed by atoms with van der Waals surface area (Å²) in [6, 6.07) is 1.65. The topological polar surface area (TPSA) is 106 Å². The van der Waals surface area contributed by atoms with Gasteiger partial charge in [-0.15, -0.1) is 0 Å². The lowest BCUT2D eigenvalue weighted by atomic mass is 10.00. The van der Waals surface area contributed by atoms with Crippen molar-refractivity contribution in [3.8, 4) is 0 Å². The lowest BCUT2D eigenvalue weighted by Crippen LogP contribution is -2.23. The quantitative estimate of drug-likeness (QED) is 0.626. The fourth-order valence-electron chi connectivity index (χ4n) is 2.75. The predicted molar refractivity (Wildman–Crippen MR) is 90.2 cm³/mol. The number of aromatic nitrogens is 3. The van der Waals surface area contributed by atoms with Crippen LogP contribution in [-0.2, 0) is 14.3 Å². The molecule has 3 heterocycles. The van der Waals surface area contributed by atoms with Crippen LogP contribution in [0.4, 0.5) is 0 Å². The smallest absolute Gasteiger partial charge is 0.330 e. The molecule has 132 valence electrons. The van der Waals surface area contributed by atoms with E-state index in [-0.39, 0.29) is 12.5 Å². The normalized spacial score (nSPS) is 15.6. The van der Waals surface area contributed by atoms with E-state index < -0.39 is 5.97 Å². The summed E-state index contributed by atoms with van der Waals surface area (Å²) < 4.78 is 9.87. The van der Waals surface area contributed by atoms with Crippen LogP contribution in [0, 0.1) is 0 Å². The summed E-state index contributed by atoms with van der Waals surface area (Å²) in [5.74, 6) is 0.415. The van der Waals surface area contributed by atoms with E-state index in [4.69, 9.17) is 4.74 Å². The number of hydrogen-bond acceptors (Lipinski definition) is 6. The van der Waals surface area contributed by atoms with Crippen LogP contribution in [0.15, 0.2) is 24.4 Å². The Morgan fingerprint density at radius 2 is 2.24 bits per heavy atom. The average Bonchev–Trinajstić information content (AvgIpc) is 3.09. The molecule has 1 saturated heterocycles. The zero-order valence-corrected chi connectivity index (χ0v) is 13.9. The molecule has 0 aliphatic carbocycles. The molecule has 0 aromatic carbocycles. The van der Waals surface area contributed by atoms with E-state index in [0.717, 1.165) is 31.9 Å². The molecule has 0 bridgehead atoms. The number of carbonyl (C=O) groups excluding carboxylic acids is 2. The zero-order chi connectivity index (χ0) is 17.6. The molecular formula is C17H20N4O4. The van der Waals surface area contributed by atoms with Gasteiger partial charge in [0.05, 0.1) is 18.2 Å². The van der Waals surface area contributed by atoms with Gasteiger partial charge in [0.1, 0.15) is 5.82 Å². The maximum atomic E-state index is 12.4. The first-order valence-corrected chi connectivity index (χ1v) is 8.14. The van der Waals surface area contributed by atoms with Gasteiger partial charge in [-0.05, 0) is 18.9 Å². The number of nitrogens with one attached hydrogen (secondary N) is 2. The maximum Gasteiger partial charge on any atom is 0.330 e. The fourth-order valence-corrected chi connectivity index (χ4v) is 2.75. The van der Waals surface area contributed by atoms with E-state index in [1.165, 1.54) is 19.3 Å². The van der Waals surface area contributed by atoms with Gasteiger partial charge in [0.25, 0.3) is 5.91 Å². The average molecular weight is 344 g/mol. The molecule has 0 unspecified atom stereocenters. The largest absolute Gasteiger partial charge is 0.466 e. The predicted octanol–water partition coefficient (Wildman–Crippen LogP) is 1.31. The van der Waals surface area contributed by atoms with Gasteiger partial charge in [-0.2, -0.15) is 0 Å². The first-order chi connectivity index (χ1) is 12.2. The molecule has 0 atom stereocenters. The van der Waals surface area contributed by atoms with Crippen LogP contribution in [0.2, 0.25) is 0 Å². The van der Waals surface area contributed by atoms with Crippen molar-refractivity contribution in [3.63, 3.8) is 0 Å². The Morgan fingerprint density at radius 3 is 3.00 bits per heavy atom. The van der Waals surface area contributed by atoms with Gasteiger partial charge in [0.2, 0.25) is 0 Å². The summed E-state index contributed by atoms with van der Waals surface area (Å²) in [6.45, 7) is 1.66. The first-order valence-electron chi connectivity index (χ1n) is 8.14. The van der Waals surface area contributed by atoms with Gasteiger partial charge < -0.3 is 19.8 Å². The maximum absolute atomic E-state index is 12.4. The minimum Gasteiger partial charge on any atom is -0.466 e. The van der Waals surface area contributed by atoms with E-state index in [9.17, 15) is 9.59 Å². The van der Waals surface area contributed by atoms with E-state index in [0.29, 0.717) is 22.6 Å². The molecule has 1 amide bonds. The second kappa shape index (κ2) is 7.89. The van der Waals surface area contributed by atoms with Gasteiger partial charge in [-0.1, -0.05) is 6.08 Å². The fraction of sp³-hybridized carbons (Fsp3) is 0.412. The van der Waals surface area contributed by atoms with Gasteiger partial charge in [0.15, 0.2) is 5.65 Å². The van der Waals surface area contributed by atoms with E-state index in [2.05, 4.69) is 25.0 Å². The third kappa shape index (κ3) is 4.03. The van der Waals surface area contributed by atoms with E-state index >= 15 is 0 Å². The second-order valence-electron chi connectivity index (χ2n) is 5.70. The highest BCUT2D eigenvalue weighted by Crippen LogP contribution is 2.26. The zero-order valence-electron chi connectivity index (χ0n) is 13.9. The molecule has 2 aromatic rings. The third-order valence-electron chi connectivity index (χ3n) is 4.10. The number of fused-ring (bicyclic) bond motifs is 1. The Kier molecular flexibility index (Phi) is 5.39. The Balaban J connectivity index is 1.74. The molecule has 0 radical (unpaired) electrons. The van der Waals surface area contributed by atoms with Crippen molar-refractivity contribution in [2.75, 3.05) is 26.9 Å². The number of esters is 1. The summed E-state index contributed by atoms with van der Waals surface area (Å²) in [7, 11) is 1.30. The number of pyridine rings is 1. The Morgan fingerprint density at radius 1 is 1.44 bits per heavy atom. The molecule has 3 rings (SSSR count). The van der Waals surface area contributed by atoms with Crippen molar-refractivity contribution < 1.29 is 19.1 Å². The highest BCUT2D eigenvalue weighted by molar-refractivity contribution is 6.04. The summed E-state index contributed by atoms with van der Waals surface area (Å²) in [6.07, 6.45) is 6.17. The molecule has 8 heteroatoms. The Labute approximate surface area is 144 Å². The lowest BCUT2D eigenvalue weighted by Gasteiger charge is -2.19. The van der Waals surface area contributed by atoms with Crippen molar-refractivity contribution in [3.05, 3.63) is 35.8 Å². The number of imidazole rings is 1. The van der Waals surface area contributed by atoms with Crippen LogP contribution >= 0.6 is 0 Å². The van der Waals surface area contributed by atoms with Gasteiger partial charge in [-0.25, -0.2) is 14.8 Å². The number of carbonyl (C=O) groups is 2. The Bertz CT molecular complexity index is 793. The summed E-state index contributed by atoms with van der Waals surface area (Å²) in [4.78, 5) is 35.4. The van der Waals surface area contributed by atoms with Crippen molar-refractivity contribution >= 4 is 23.0 Å². The van der Waals surface area contributed by atoms with Crippen LogP contribution in [0.3, 0.4) is 0 Å². The molecule has 0 spiro atoms. The number of H-pyrrole nitrogens is 1. The van der Waals surface area contributed by atoms with Crippen molar-refractivity contribution in [1.82, 2.24) is 20.3 Å². The summed E-state index contributed by atoms with van der Waals surface area (Å²) in [5.41, 5.74) is 1.62. The van der Waals surface area contributed by atoms with Gasteiger partial charge in [0, 0.05) is 37.9 Å². The van der Waals surface area contributed by atoms with Gasteiger partial charge >= 0.3 is 5.97 Å². The number of rotatable bonds is 5. The minimum atomic E-state index is -0.463. The Hall–Kier alpha value is -2.74. The SMILES string of the molecule is COC(=O)/C=C/CNC(=O)c1ccnc2nc(C3CCOCC3)[nH]c12. The van der Waals surface area contributed by atoms with E-state index in [1.807, 2.05) is 0 Å². The van der Waals surface area contributed by atoms with Crippen LogP contribution in [0.25, 0.3) is 11.2 Å². The number of amides is 1. The molecule has 8 nitrogen and oxygen atoms in total. The summed E-state index contributed by atoms with van der Waals surface area (Å²) in [5, 5.41) is 2.73. The molecule has 1 fully saturated rings. The molecule has 1 aliphatic rings. The molecular weight excluding hydrogens is 324 g/mol. The number of aromatic amines is 1. The van der Waals surface area contributed by atoms with Crippen molar-refractivity contribution in [1.29, 1.82) is 0 Å². The van der Waals surface area contributed by atoms with E-state index in [1.54, 1.807) is 12.3 Å². The number of ether oxygens (including phenoxy) is 2. The number of methoxy groups -OCH3 is 1. The van der Waals surface area contributed by atoms with Crippen molar-refractivity contribution in [2.45, 2.75) is 18.8 Å². The lowest BCUT2D eigenvalue weighted by molar-refractivity contribution is -0.134. The number of hydrogen-bond donors (Lipinski definition) is 2. The molecule has 2 N–H and O–H groups in total. The van der Waals surface area contributed by atoms with Crippen LogP contribution in [-0.4, -0.2) is 53.7 Å². The van der Waals surface area contributed by atoms with Gasteiger partial charge in [-0.3, -0.25) is 4.79 Å².